The number of rotatable bonds is 7. The summed E-state index contributed by atoms with van der Waals surface area (Å²) in [5.74, 6) is 0.0693. The predicted molar refractivity (Wildman–Crippen MR) is 243 cm³/mol. The molecule has 57 heavy (non-hydrogen) atoms. The van der Waals surface area contributed by atoms with E-state index in [1.807, 2.05) is 0 Å². The van der Waals surface area contributed by atoms with Crippen molar-refractivity contribution in [3.63, 3.8) is 0 Å². The summed E-state index contributed by atoms with van der Waals surface area (Å²) in [6, 6.07) is 86.1. The first-order valence-electron chi connectivity index (χ1n) is 19.9. The van der Waals surface area contributed by atoms with E-state index in [0.717, 1.165) is 0 Å². The average Bonchev–Trinajstić information content (AvgIpc) is 3.81. The van der Waals surface area contributed by atoms with Gasteiger partial charge in [0, 0.05) is 22.4 Å². The van der Waals surface area contributed by atoms with E-state index < -0.39 is 8.07 Å². The summed E-state index contributed by atoms with van der Waals surface area (Å²) in [5, 5.41) is 8.11. The van der Waals surface area contributed by atoms with Gasteiger partial charge >= 0.3 is 0 Å². The number of fused-ring (bicyclic) bond motifs is 6. The Hall–Kier alpha value is -7.00. The van der Waals surface area contributed by atoms with Crippen LogP contribution in [0.15, 0.2) is 231 Å². The van der Waals surface area contributed by atoms with Gasteiger partial charge in [-0.2, -0.15) is 0 Å². The van der Waals surface area contributed by atoms with Crippen LogP contribution in [-0.2, 0) is 0 Å². The number of hydrogen-bond donors (Lipinski definition) is 0. The fourth-order valence-electron chi connectivity index (χ4n) is 9.86. The highest BCUT2D eigenvalue weighted by Crippen LogP contribution is 2.49. The molecule has 1 aliphatic rings. The fourth-order valence-corrected chi connectivity index (χ4v) is 14.9. The molecule has 1 nitrogen and oxygen atoms in total. The van der Waals surface area contributed by atoms with E-state index in [9.17, 15) is 0 Å². The molecule has 1 atom stereocenters. The Kier molecular flexibility index (Phi) is 7.97. The molecule has 1 heterocycles. The quantitative estimate of drug-likeness (QED) is 0.113. The maximum atomic E-state index is 2.50. The monoisotopic (exact) mass is 741 g/mol. The molecule has 0 fully saturated rings. The van der Waals surface area contributed by atoms with Crippen molar-refractivity contribution < 1.29 is 0 Å². The van der Waals surface area contributed by atoms with Gasteiger partial charge in [-0.3, -0.25) is 0 Å². The Morgan fingerprint density at radius 3 is 1.47 bits per heavy atom. The summed E-state index contributed by atoms with van der Waals surface area (Å²) in [5.41, 5.74) is 12.8. The normalized spacial score (nSPS) is 13.4. The molecule has 268 valence electrons. The van der Waals surface area contributed by atoms with Gasteiger partial charge in [-0.1, -0.05) is 206 Å². The molecule has 1 unspecified atom stereocenters. The van der Waals surface area contributed by atoms with Crippen molar-refractivity contribution in [2.24, 2.45) is 0 Å². The molecular formula is C55H39NSi. The zero-order valence-corrected chi connectivity index (χ0v) is 32.5. The second-order valence-corrected chi connectivity index (χ2v) is 19.0. The Labute approximate surface area is 334 Å². The van der Waals surface area contributed by atoms with E-state index in [2.05, 4.69) is 235 Å². The molecule has 0 saturated heterocycles. The van der Waals surface area contributed by atoms with Gasteiger partial charge < -0.3 is 4.57 Å². The van der Waals surface area contributed by atoms with Gasteiger partial charge in [-0.15, -0.1) is 0 Å². The molecule has 0 spiro atoms. The lowest BCUT2D eigenvalue weighted by Gasteiger charge is -2.36. The summed E-state index contributed by atoms with van der Waals surface area (Å²) >= 11 is 0. The first-order chi connectivity index (χ1) is 28.3. The third kappa shape index (κ3) is 5.22. The SMILES string of the molecule is c1ccc(-c2cccc(C3c4ccc(-n5c6ccccc6c6ccccc65)cc4-c4c3cccc4[Si](c3ccccc3)(c3ccccc3)c3ccccc3)c2)cc1. The molecule has 0 N–H and O–H groups in total. The minimum atomic E-state index is -2.90. The van der Waals surface area contributed by atoms with Crippen LogP contribution in [0.25, 0.3) is 49.7 Å². The summed E-state index contributed by atoms with van der Waals surface area (Å²) in [7, 11) is -2.90. The molecular weight excluding hydrogens is 703 g/mol. The molecule has 0 saturated carbocycles. The van der Waals surface area contributed by atoms with Crippen LogP contribution < -0.4 is 20.7 Å². The number of benzene rings is 9. The third-order valence-electron chi connectivity index (χ3n) is 12.2. The maximum Gasteiger partial charge on any atom is 0.180 e. The standard InChI is InChI=1S/C55H39NSi/c1-5-19-39(20-6-1)40-21-17-22-41(37-40)54-48-36-35-42(56-51-32-15-13-29-46(51)47-30-14-16-33-52(47)56)38-50(48)55-49(54)31-18-34-53(55)57(43-23-7-2-8-24-43,44-25-9-3-10-26-44)45-27-11-4-12-28-45/h1-38,54H. The molecule has 10 aromatic rings. The zero-order valence-electron chi connectivity index (χ0n) is 31.5. The lowest BCUT2D eigenvalue weighted by molar-refractivity contribution is 1.01. The van der Waals surface area contributed by atoms with Crippen LogP contribution in [0.4, 0.5) is 0 Å². The van der Waals surface area contributed by atoms with E-state index in [0.29, 0.717) is 0 Å². The predicted octanol–water partition coefficient (Wildman–Crippen LogP) is 11.0. The Morgan fingerprint density at radius 2 is 0.877 bits per heavy atom. The molecule has 2 heteroatoms. The lowest BCUT2D eigenvalue weighted by Crippen LogP contribution is -2.75. The Bertz CT molecular complexity index is 2910. The molecule has 0 amide bonds. The van der Waals surface area contributed by atoms with Crippen LogP contribution in [0.2, 0.25) is 0 Å². The fraction of sp³-hybridized carbons (Fsp3) is 0.0182. The van der Waals surface area contributed by atoms with Crippen molar-refractivity contribution >= 4 is 50.6 Å². The van der Waals surface area contributed by atoms with Crippen molar-refractivity contribution in [3.05, 3.63) is 247 Å². The zero-order chi connectivity index (χ0) is 37.8. The van der Waals surface area contributed by atoms with Crippen LogP contribution in [-0.4, -0.2) is 12.6 Å². The van der Waals surface area contributed by atoms with E-state index in [-0.39, 0.29) is 5.92 Å². The van der Waals surface area contributed by atoms with Crippen LogP contribution in [0, 0.1) is 0 Å². The van der Waals surface area contributed by atoms with Crippen molar-refractivity contribution in [2.45, 2.75) is 5.92 Å². The molecule has 1 aliphatic carbocycles. The first kappa shape index (κ1) is 33.3. The van der Waals surface area contributed by atoms with Crippen LogP contribution in [0.3, 0.4) is 0 Å². The van der Waals surface area contributed by atoms with Gasteiger partial charge in [0.05, 0.1) is 11.0 Å². The number of para-hydroxylation sites is 2. The number of nitrogens with zero attached hydrogens (tertiary/aromatic N) is 1. The van der Waals surface area contributed by atoms with E-state index in [1.165, 1.54) is 87.2 Å². The van der Waals surface area contributed by atoms with Gasteiger partial charge in [-0.05, 0) is 84.0 Å². The lowest BCUT2D eigenvalue weighted by atomic mass is 9.87. The molecule has 0 radical (unpaired) electrons. The largest absolute Gasteiger partial charge is 0.309 e. The van der Waals surface area contributed by atoms with E-state index in [1.54, 1.807) is 0 Å². The van der Waals surface area contributed by atoms with Gasteiger partial charge in [0.2, 0.25) is 0 Å². The first-order valence-corrected chi connectivity index (χ1v) is 21.9. The van der Waals surface area contributed by atoms with Crippen molar-refractivity contribution in [3.8, 4) is 27.9 Å². The molecule has 9 aromatic carbocycles. The van der Waals surface area contributed by atoms with Crippen molar-refractivity contribution in [1.82, 2.24) is 4.57 Å². The van der Waals surface area contributed by atoms with Gasteiger partial charge in [0.15, 0.2) is 8.07 Å². The topological polar surface area (TPSA) is 4.93 Å². The van der Waals surface area contributed by atoms with Crippen LogP contribution >= 0.6 is 0 Å². The molecule has 11 rings (SSSR count). The van der Waals surface area contributed by atoms with E-state index in [4.69, 9.17) is 0 Å². The minimum absolute atomic E-state index is 0.0693. The van der Waals surface area contributed by atoms with Gasteiger partial charge in [0.1, 0.15) is 0 Å². The molecule has 0 bridgehead atoms. The van der Waals surface area contributed by atoms with E-state index >= 15 is 0 Å². The number of aromatic nitrogens is 1. The van der Waals surface area contributed by atoms with Gasteiger partial charge in [-0.25, -0.2) is 0 Å². The van der Waals surface area contributed by atoms with Gasteiger partial charge in [0.25, 0.3) is 0 Å². The third-order valence-corrected chi connectivity index (χ3v) is 17.0. The minimum Gasteiger partial charge on any atom is -0.309 e. The second-order valence-electron chi connectivity index (χ2n) is 15.2. The highest BCUT2D eigenvalue weighted by Gasteiger charge is 2.45. The van der Waals surface area contributed by atoms with Crippen molar-refractivity contribution in [1.29, 1.82) is 0 Å². The summed E-state index contributed by atoms with van der Waals surface area (Å²) in [6.07, 6.45) is 0. The second kappa shape index (κ2) is 13.6. The summed E-state index contributed by atoms with van der Waals surface area (Å²) < 4.78 is 2.47. The van der Waals surface area contributed by atoms with Crippen LogP contribution in [0.1, 0.15) is 22.6 Å². The summed E-state index contributed by atoms with van der Waals surface area (Å²) in [4.78, 5) is 0. The Balaban J connectivity index is 1.25. The highest BCUT2D eigenvalue weighted by atomic mass is 28.3. The molecule has 0 aliphatic heterocycles. The highest BCUT2D eigenvalue weighted by molar-refractivity contribution is 7.20. The number of hydrogen-bond acceptors (Lipinski definition) is 0. The van der Waals surface area contributed by atoms with Crippen molar-refractivity contribution in [2.75, 3.05) is 0 Å². The molecule has 1 aromatic heterocycles. The van der Waals surface area contributed by atoms with Crippen LogP contribution in [0.5, 0.6) is 0 Å². The summed E-state index contributed by atoms with van der Waals surface area (Å²) in [6.45, 7) is 0. The Morgan fingerprint density at radius 1 is 0.368 bits per heavy atom. The maximum absolute atomic E-state index is 2.90. The smallest absolute Gasteiger partial charge is 0.180 e. The average molecular weight is 742 g/mol.